The van der Waals surface area contributed by atoms with Crippen molar-refractivity contribution in [1.82, 2.24) is 4.98 Å². The fourth-order valence-electron chi connectivity index (χ4n) is 2.42. The maximum absolute atomic E-state index is 5.96. The summed E-state index contributed by atoms with van der Waals surface area (Å²) in [5.74, 6) is 2.19. The van der Waals surface area contributed by atoms with Gasteiger partial charge in [0.25, 0.3) is 0 Å². The Kier molecular flexibility index (Phi) is 3.70. The second-order valence-corrected chi connectivity index (χ2v) is 5.96. The van der Waals surface area contributed by atoms with Crippen LogP contribution in [0.5, 0.6) is 5.88 Å². The van der Waals surface area contributed by atoms with Crippen LogP contribution in [0.15, 0.2) is 12.1 Å². The quantitative estimate of drug-likeness (QED) is 0.913. The van der Waals surface area contributed by atoms with Gasteiger partial charge in [-0.3, -0.25) is 0 Å². The van der Waals surface area contributed by atoms with E-state index in [0.29, 0.717) is 23.5 Å². The second kappa shape index (κ2) is 5.48. The van der Waals surface area contributed by atoms with Gasteiger partial charge in [-0.2, -0.15) is 4.98 Å². The predicted octanol–water partition coefficient (Wildman–Crippen LogP) is 2.07. The van der Waals surface area contributed by atoms with Crippen LogP contribution in [-0.2, 0) is 4.74 Å². The number of nitrogens with two attached hydrogens (primary N) is 1. The third kappa shape index (κ3) is 2.98. The molecule has 2 heterocycles. The van der Waals surface area contributed by atoms with Crippen LogP contribution in [0.25, 0.3) is 0 Å². The number of morpholine rings is 1. The first-order chi connectivity index (χ1) is 9.63. The highest BCUT2D eigenvalue weighted by atomic mass is 16.5. The molecule has 1 saturated carbocycles. The predicted molar refractivity (Wildman–Crippen MR) is 79.1 cm³/mol. The largest absolute Gasteiger partial charge is 0.476 e. The molecule has 0 aromatic carbocycles. The number of ether oxygens (including phenoxy) is 2. The fourth-order valence-corrected chi connectivity index (χ4v) is 2.42. The van der Waals surface area contributed by atoms with Crippen LogP contribution < -0.4 is 15.4 Å². The lowest BCUT2D eigenvalue weighted by atomic mass is 10.2. The highest BCUT2D eigenvalue weighted by Gasteiger charge is 2.26. The molecule has 3 rings (SSSR count). The molecule has 0 amide bonds. The van der Waals surface area contributed by atoms with Crippen LogP contribution in [0.2, 0.25) is 0 Å². The standard InChI is InChI=1S/C15H23N3O2/c1-10-8-19-11(2)7-18(10)14-6-5-13(16)15(17-14)20-9-12-3-4-12/h5-6,10-12H,3-4,7-9,16H2,1-2H3. The van der Waals surface area contributed by atoms with Crippen molar-refractivity contribution >= 4 is 11.5 Å². The number of pyridine rings is 1. The molecule has 0 spiro atoms. The van der Waals surface area contributed by atoms with Crippen LogP contribution in [0, 0.1) is 5.92 Å². The van der Waals surface area contributed by atoms with Crippen molar-refractivity contribution in [2.45, 2.75) is 38.8 Å². The van der Waals surface area contributed by atoms with Gasteiger partial charge < -0.3 is 20.1 Å². The molecule has 110 valence electrons. The zero-order chi connectivity index (χ0) is 14.1. The van der Waals surface area contributed by atoms with E-state index in [2.05, 4.69) is 23.7 Å². The van der Waals surface area contributed by atoms with Gasteiger partial charge in [-0.1, -0.05) is 0 Å². The van der Waals surface area contributed by atoms with Gasteiger partial charge in [0.05, 0.1) is 31.0 Å². The van der Waals surface area contributed by atoms with E-state index in [4.69, 9.17) is 15.2 Å². The Morgan fingerprint density at radius 2 is 2.20 bits per heavy atom. The summed E-state index contributed by atoms with van der Waals surface area (Å²) < 4.78 is 11.4. The minimum Gasteiger partial charge on any atom is -0.476 e. The van der Waals surface area contributed by atoms with Crippen molar-refractivity contribution in [1.29, 1.82) is 0 Å². The lowest BCUT2D eigenvalue weighted by Gasteiger charge is -2.37. The summed E-state index contributed by atoms with van der Waals surface area (Å²) in [6, 6.07) is 4.17. The summed E-state index contributed by atoms with van der Waals surface area (Å²) in [7, 11) is 0. The van der Waals surface area contributed by atoms with Gasteiger partial charge in [-0.15, -0.1) is 0 Å². The van der Waals surface area contributed by atoms with Crippen molar-refractivity contribution in [3.05, 3.63) is 12.1 Å². The van der Waals surface area contributed by atoms with Crippen LogP contribution in [0.3, 0.4) is 0 Å². The average Bonchev–Trinajstić information content (AvgIpc) is 3.25. The minimum atomic E-state index is 0.224. The first kappa shape index (κ1) is 13.5. The molecular formula is C15H23N3O2. The van der Waals surface area contributed by atoms with E-state index in [-0.39, 0.29) is 6.10 Å². The summed E-state index contributed by atoms with van der Waals surface area (Å²) in [5.41, 5.74) is 6.57. The maximum atomic E-state index is 5.96. The third-order valence-corrected chi connectivity index (χ3v) is 3.93. The first-order valence-corrected chi connectivity index (χ1v) is 7.41. The Morgan fingerprint density at radius 3 is 2.95 bits per heavy atom. The summed E-state index contributed by atoms with van der Waals surface area (Å²) in [5, 5.41) is 0. The summed E-state index contributed by atoms with van der Waals surface area (Å²) in [6.45, 7) is 6.54. The van der Waals surface area contributed by atoms with Gasteiger partial charge in [-0.25, -0.2) is 0 Å². The Balaban J connectivity index is 1.75. The molecule has 2 unspecified atom stereocenters. The highest BCUT2D eigenvalue weighted by Crippen LogP contribution is 2.31. The minimum absolute atomic E-state index is 0.224. The Labute approximate surface area is 120 Å². The summed E-state index contributed by atoms with van der Waals surface area (Å²) >= 11 is 0. The maximum Gasteiger partial charge on any atom is 0.239 e. The van der Waals surface area contributed by atoms with Gasteiger partial charge in [0.15, 0.2) is 0 Å². The molecule has 2 atom stereocenters. The molecule has 20 heavy (non-hydrogen) atoms. The van der Waals surface area contributed by atoms with Gasteiger partial charge >= 0.3 is 0 Å². The van der Waals surface area contributed by atoms with E-state index < -0.39 is 0 Å². The number of anilines is 2. The molecule has 2 N–H and O–H groups in total. The molecular weight excluding hydrogens is 254 g/mol. The number of hydrogen-bond acceptors (Lipinski definition) is 5. The Morgan fingerprint density at radius 1 is 1.40 bits per heavy atom. The van der Waals surface area contributed by atoms with Gasteiger partial charge in [-0.05, 0) is 44.7 Å². The van der Waals surface area contributed by atoms with Crippen molar-refractivity contribution in [2.24, 2.45) is 5.92 Å². The zero-order valence-corrected chi connectivity index (χ0v) is 12.2. The highest BCUT2D eigenvalue weighted by molar-refractivity contribution is 5.55. The van der Waals surface area contributed by atoms with Gasteiger partial charge in [0, 0.05) is 6.54 Å². The molecule has 2 aliphatic rings. The van der Waals surface area contributed by atoms with Crippen molar-refractivity contribution in [3.8, 4) is 5.88 Å². The molecule has 1 aliphatic carbocycles. The lowest BCUT2D eigenvalue weighted by Crippen LogP contribution is -2.47. The normalized spacial score (nSPS) is 26.6. The topological polar surface area (TPSA) is 60.6 Å². The smallest absolute Gasteiger partial charge is 0.239 e. The first-order valence-electron chi connectivity index (χ1n) is 7.41. The number of hydrogen-bond donors (Lipinski definition) is 1. The molecule has 1 aromatic heterocycles. The molecule has 1 aromatic rings. The van der Waals surface area contributed by atoms with E-state index in [0.717, 1.165) is 25.6 Å². The van der Waals surface area contributed by atoms with E-state index in [1.54, 1.807) is 0 Å². The van der Waals surface area contributed by atoms with Crippen LogP contribution in [0.1, 0.15) is 26.7 Å². The van der Waals surface area contributed by atoms with E-state index in [1.165, 1.54) is 12.8 Å². The summed E-state index contributed by atoms with van der Waals surface area (Å²) in [4.78, 5) is 6.87. The number of aromatic nitrogens is 1. The molecule has 1 aliphatic heterocycles. The van der Waals surface area contributed by atoms with Crippen molar-refractivity contribution in [3.63, 3.8) is 0 Å². The van der Waals surface area contributed by atoms with E-state index in [1.807, 2.05) is 12.1 Å². The third-order valence-electron chi connectivity index (χ3n) is 3.93. The van der Waals surface area contributed by atoms with E-state index in [9.17, 15) is 0 Å². The lowest BCUT2D eigenvalue weighted by molar-refractivity contribution is 0.0340. The monoisotopic (exact) mass is 277 g/mol. The van der Waals surface area contributed by atoms with Gasteiger partial charge in [0.2, 0.25) is 5.88 Å². The molecule has 5 nitrogen and oxygen atoms in total. The van der Waals surface area contributed by atoms with Crippen molar-refractivity contribution < 1.29 is 9.47 Å². The number of rotatable bonds is 4. The second-order valence-electron chi connectivity index (χ2n) is 5.96. The van der Waals surface area contributed by atoms with Crippen LogP contribution in [0.4, 0.5) is 11.5 Å². The van der Waals surface area contributed by atoms with E-state index >= 15 is 0 Å². The number of nitrogen functional groups attached to an aromatic ring is 1. The average molecular weight is 277 g/mol. The molecule has 0 radical (unpaired) electrons. The Bertz CT molecular complexity index is 476. The summed E-state index contributed by atoms with van der Waals surface area (Å²) in [6.07, 6.45) is 2.75. The SMILES string of the molecule is CC1CN(c2ccc(N)c(OCC3CC3)n2)C(C)CO1. The molecule has 0 bridgehead atoms. The van der Waals surface area contributed by atoms with Crippen LogP contribution >= 0.6 is 0 Å². The molecule has 2 fully saturated rings. The molecule has 5 heteroatoms. The Hall–Kier alpha value is -1.49. The van der Waals surface area contributed by atoms with Crippen molar-refractivity contribution in [2.75, 3.05) is 30.4 Å². The number of nitrogens with zero attached hydrogens (tertiary/aromatic N) is 2. The fraction of sp³-hybridized carbons (Fsp3) is 0.667. The molecule has 1 saturated heterocycles. The van der Waals surface area contributed by atoms with Gasteiger partial charge in [0.1, 0.15) is 5.82 Å². The zero-order valence-electron chi connectivity index (χ0n) is 12.2. The van der Waals surface area contributed by atoms with Crippen LogP contribution in [-0.4, -0.2) is 36.9 Å².